The summed E-state index contributed by atoms with van der Waals surface area (Å²) < 4.78 is 0. The first-order valence-corrected chi connectivity index (χ1v) is 4.38. The van der Waals surface area contributed by atoms with Crippen LogP contribution in [0.3, 0.4) is 0 Å². The minimum Gasteiger partial charge on any atom is -0.293 e. The average Bonchev–Trinajstić information content (AvgIpc) is 2.30. The molecule has 0 N–H and O–H groups in total. The zero-order valence-electron chi connectivity index (χ0n) is 8.08. The van der Waals surface area contributed by atoms with Crippen molar-refractivity contribution in [3.63, 3.8) is 0 Å². The minimum atomic E-state index is -0.148. The van der Waals surface area contributed by atoms with Gasteiger partial charge in [-0.25, -0.2) is 19.9 Å². The standard InChI is InChI=1S/C10H8N4O/c1-7(15)8-9(12-6-5-11-8)10-13-3-2-4-14-10/h2-6H,1H3. The third-order valence-corrected chi connectivity index (χ3v) is 1.81. The Hall–Kier alpha value is -2.17. The number of hydrogen-bond acceptors (Lipinski definition) is 5. The van der Waals surface area contributed by atoms with E-state index in [9.17, 15) is 4.79 Å². The van der Waals surface area contributed by atoms with Crippen LogP contribution in [0.1, 0.15) is 17.4 Å². The molecule has 0 fully saturated rings. The Morgan fingerprint density at radius 2 is 1.67 bits per heavy atom. The number of rotatable bonds is 2. The van der Waals surface area contributed by atoms with Gasteiger partial charge in [0.2, 0.25) is 0 Å². The van der Waals surface area contributed by atoms with E-state index < -0.39 is 0 Å². The van der Waals surface area contributed by atoms with Gasteiger partial charge in [0.05, 0.1) is 0 Å². The summed E-state index contributed by atoms with van der Waals surface area (Å²) in [4.78, 5) is 27.4. The van der Waals surface area contributed by atoms with Crippen molar-refractivity contribution in [3.05, 3.63) is 36.5 Å². The fourth-order valence-electron chi connectivity index (χ4n) is 1.18. The largest absolute Gasteiger partial charge is 0.293 e. The molecule has 5 heteroatoms. The van der Waals surface area contributed by atoms with E-state index in [4.69, 9.17) is 0 Å². The maximum atomic E-state index is 11.3. The average molecular weight is 200 g/mol. The molecule has 0 bridgehead atoms. The summed E-state index contributed by atoms with van der Waals surface area (Å²) in [5.41, 5.74) is 0.717. The van der Waals surface area contributed by atoms with Crippen LogP contribution in [0.4, 0.5) is 0 Å². The summed E-state index contributed by atoms with van der Waals surface area (Å²) in [6, 6.07) is 1.70. The lowest BCUT2D eigenvalue weighted by Crippen LogP contribution is -2.03. The molecule has 2 aromatic rings. The van der Waals surface area contributed by atoms with Crippen LogP contribution in [0.2, 0.25) is 0 Å². The molecule has 0 aliphatic rings. The highest BCUT2D eigenvalue weighted by Crippen LogP contribution is 2.14. The van der Waals surface area contributed by atoms with E-state index in [2.05, 4.69) is 19.9 Å². The second-order valence-electron chi connectivity index (χ2n) is 2.88. The van der Waals surface area contributed by atoms with Crippen LogP contribution >= 0.6 is 0 Å². The van der Waals surface area contributed by atoms with Gasteiger partial charge in [-0.15, -0.1) is 0 Å². The lowest BCUT2D eigenvalue weighted by molar-refractivity contribution is 0.101. The van der Waals surface area contributed by atoms with E-state index >= 15 is 0 Å². The van der Waals surface area contributed by atoms with Crippen molar-refractivity contribution in [2.45, 2.75) is 6.92 Å². The maximum Gasteiger partial charge on any atom is 0.180 e. The summed E-state index contributed by atoms with van der Waals surface area (Å²) in [6.07, 6.45) is 6.18. The van der Waals surface area contributed by atoms with Crippen molar-refractivity contribution in [2.75, 3.05) is 0 Å². The predicted octanol–water partition coefficient (Wildman–Crippen LogP) is 1.14. The lowest BCUT2D eigenvalue weighted by atomic mass is 10.2. The third-order valence-electron chi connectivity index (χ3n) is 1.81. The Bertz CT molecular complexity index is 484. The summed E-state index contributed by atoms with van der Waals surface area (Å²) in [6.45, 7) is 1.44. The first kappa shape index (κ1) is 9.39. The van der Waals surface area contributed by atoms with Crippen LogP contribution in [0, 0.1) is 0 Å². The van der Waals surface area contributed by atoms with Crippen LogP contribution in [-0.4, -0.2) is 25.7 Å². The molecule has 0 saturated carbocycles. The Morgan fingerprint density at radius 1 is 1.00 bits per heavy atom. The van der Waals surface area contributed by atoms with Gasteiger partial charge in [0.25, 0.3) is 0 Å². The maximum absolute atomic E-state index is 11.3. The van der Waals surface area contributed by atoms with Crippen LogP contribution in [0.5, 0.6) is 0 Å². The quantitative estimate of drug-likeness (QED) is 0.680. The molecule has 0 aromatic carbocycles. The molecule has 0 spiro atoms. The number of nitrogens with zero attached hydrogens (tertiary/aromatic N) is 4. The highest BCUT2D eigenvalue weighted by Gasteiger charge is 2.13. The first-order valence-electron chi connectivity index (χ1n) is 4.38. The molecule has 2 heterocycles. The molecule has 0 aliphatic heterocycles. The Kier molecular flexibility index (Phi) is 2.45. The van der Waals surface area contributed by atoms with Gasteiger partial charge in [-0.3, -0.25) is 4.79 Å². The van der Waals surface area contributed by atoms with Crippen LogP contribution in [-0.2, 0) is 0 Å². The van der Waals surface area contributed by atoms with Crippen molar-refractivity contribution in [2.24, 2.45) is 0 Å². The van der Waals surface area contributed by atoms with Crippen LogP contribution < -0.4 is 0 Å². The molecule has 5 nitrogen and oxygen atoms in total. The highest BCUT2D eigenvalue weighted by atomic mass is 16.1. The Morgan fingerprint density at radius 3 is 2.33 bits per heavy atom. The molecule has 0 amide bonds. The smallest absolute Gasteiger partial charge is 0.180 e. The summed E-state index contributed by atoms with van der Waals surface area (Å²) in [5.74, 6) is 0.265. The fraction of sp³-hybridized carbons (Fsp3) is 0.100. The number of carbonyl (C=O) groups excluding carboxylic acids is 1. The Balaban J connectivity index is 2.58. The molecule has 0 saturated heterocycles. The van der Waals surface area contributed by atoms with Gasteiger partial charge in [-0.2, -0.15) is 0 Å². The van der Waals surface area contributed by atoms with Gasteiger partial charge in [0, 0.05) is 31.7 Å². The van der Waals surface area contributed by atoms with Gasteiger partial charge in [-0.1, -0.05) is 0 Å². The zero-order valence-corrected chi connectivity index (χ0v) is 8.08. The summed E-state index contributed by atoms with van der Waals surface area (Å²) in [7, 11) is 0. The molecular weight excluding hydrogens is 192 g/mol. The van der Waals surface area contributed by atoms with Crippen LogP contribution in [0.25, 0.3) is 11.5 Å². The molecule has 0 radical (unpaired) electrons. The van der Waals surface area contributed by atoms with Gasteiger partial charge < -0.3 is 0 Å². The van der Waals surface area contributed by atoms with Crippen molar-refractivity contribution in [3.8, 4) is 11.5 Å². The van der Waals surface area contributed by atoms with Gasteiger partial charge in [-0.05, 0) is 6.07 Å². The topological polar surface area (TPSA) is 68.6 Å². The van der Waals surface area contributed by atoms with Crippen LogP contribution in [0.15, 0.2) is 30.9 Å². The predicted molar refractivity (Wildman–Crippen MR) is 53.1 cm³/mol. The fourth-order valence-corrected chi connectivity index (χ4v) is 1.18. The molecule has 15 heavy (non-hydrogen) atoms. The minimum absolute atomic E-state index is 0.148. The van der Waals surface area contributed by atoms with Gasteiger partial charge in [0.1, 0.15) is 11.4 Å². The summed E-state index contributed by atoms with van der Waals surface area (Å²) >= 11 is 0. The van der Waals surface area contributed by atoms with E-state index in [1.54, 1.807) is 18.5 Å². The highest BCUT2D eigenvalue weighted by molar-refractivity contribution is 5.96. The molecule has 2 aromatic heterocycles. The number of aromatic nitrogens is 4. The molecule has 0 unspecified atom stereocenters. The molecular formula is C10H8N4O. The number of Topliss-reactive ketones (excluding diaryl/α,β-unsaturated/α-hetero) is 1. The zero-order chi connectivity index (χ0) is 10.7. The van der Waals surface area contributed by atoms with Crippen molar-refractivity contribution >= 4 is 5.78 Å². The molecule has 0 aliphatic carbocycles. The number of ketones is 1. The van der Waals surface area contributed by atoms with E-state index in [1.165, 1.54) is 19.3 Å². The third kappa shape index (κ3) is 1.85. The van der Waals surface area contributed by atoms with E-state index in [0.29, 0.717) is 17.2 Å². The van der Waals surface area contributed by atoms with Gasteiger partial charge in [0.15, 0.2) is 11.6 Å². The Labute approximate surface area is 86.3 Å². The molecule has 2 rings (SSSR count). The number of hydrogen-bond donors (Lipinski definition) is 0. The first-order chi connectivity index (χ1) is 7.29. The number of carbonyl (C=O) groups is 1. The SMILES string of the molecule is CC(=O)c1nccnc1-c1ncccn1. The molecule has 74 valence electrons. The second kappa shape index (κ2) is 3.91. The summed E-state index contributed by atoms with van der Waals surface area (Å²) in [5, 5.41) is 0. The molecule has 0 atom stereocenters. The van der Waals surface area contributed by atoms with E-state index in [-0.39, 0.29) is 5.78 Å². The van der Waals surface area contributed by atoms with Gasteiger partial charge >= 0.3 is 0 Å². The lowest BCUT2D eigenvalue weighted by Gasteiger charge is -2.01. The van der Waals surface area contributed by atoms with Crippen molar-refractivity contribution < 1.29 is 4.79 Å². The van der Waals surface area contributed by atoms with Crippen molar-refractivity contribution in [1.82, 2.24) is 19.9 Å². The van der Waals surface area contributed by atoms with Crippen molar-refractivity contribution in [1.29, 1.82) is 0 Å². The second-order valence-corrected chi connectivity index (χ2v) is 2.88. The van der Waals surface area contributed by atoms with E-state index in [1.807, 2.05) is 0 Å². The monoisotopic (exact) mass is 200 g/mol. The normalized spacial score (nSPS) is 9.93. The van der Waals surface area contributed by atoms with E-state index in [0.717, 1.165) is 0 Å².